The number of methoxy groups -OCH3 is 2. The second-order valence-electron chi connectivity index (χ2n) is 5.74. The molecule has 0 heterocycles. The summed E-state index contributed by atoms with van der Waals surface area (Å²) in [6.45, 7) is 6.25. The van der Waals surface area contributed by atoms with E-state index in [-0.39, 0.29) is 11.9 Å². The van der Waals surface area contributed by atoms with Gasteiger partial charge in [-0.15, -0.1) is 0 Å². The number of aromatic hydroxyl groups is 1. The summed E-state index contributed by atoms with van der Waals surface area (Å²) in [5.41, 5.74) is 1.20. The van der Waals surface area contributed by atoms with Crippen LogP contribution in [0.25, 0.3) is 0 Å². The molecule has 0 saturated heterocycles. The second kappa shape index (κ2) is 8.91. The highest BCUT2D eigenvalue weighted by Gasteiger charge is 2.11. The van der Waals surface area contributed by atoms with Crippen molar-refractivity contribution in [2.45, 2.75) is 26.9 Å². The Bertz CT molecular complexity index is 815. The third kappa shape index (κ3) is 4.76. The molecule has 0 spiro atoms. The first-order valence-corrected chi connectivity index (χ1v) is 8.39. The third-order valence-corrected chi connectivity index (χ3v) is 3.45. The molecule has 0 aliphatic heterocycles. The van der Waals surface area contributed by atoms with Crippen LogP contribution in [-0.2, 0) is 0 Å². The summed E-state index contributed by atoms with van der Waals surface area (Å²) >= 11 is 0. The lowest BCUT2D eigenvalue weighted by molar-refractivity contribution is 0.229. The third-order valence-electron chi connectivity index (χ3n) is 3.45. The lowest BCUT2D eigenvalue weighted by Crippen LogP contribution is -2.06. The molecule has 138 valence electrons. The van der Waals surface area contributed by atoms with Crippen molar-refractivity contribution in [3.05, 3.63) is 41.5 Å². The zero-order valence-electron chi connectivity index (χ0n) is 15.8. The summed E-state index contributed by atoms with van der Waals surface area (Å²) in [6, 6.07) is 8.61. The van der Waals surface area contributed by atoms with E-state index in [0.29, 0.717) is 35.2 Å². The molecule has 2 aromatic rings. The van der Waals surface area contributed by atoms with E-state index < -0.39 is 0 Å². The largest absolute Gasteiger partial charge is 0.506 e. The SMILES string of the molecule is CCOc1cc(C#Cc2cc(OC)c(OC(C)C)cc2O)ccc1OC. The van der Waals surface area contributed by atoms with Crippen molar-refractivity contribution in [2.75, 3.05) is 20.8 Å². The minimum atomic E-state index is -0.0310. The molecule has 26 heavy (non-hydrogen) atoms. The van der Waals surface area contributed by atoms with Crippen molar-refractivity contribution < 1.29 is 24.1 Å². The van der Waals surface area contributed by atoms with E-state index in [4.69, 9.17) is 18.9 Å². The minimum Gasteiger partial charge on any atom is -0.506 e. The monoisotopic (exact) mass is 356 g/mol. The molecule has 0 unspecified atom stereocenters. The quantitative estimate of drug-likeness (QED) is 0.793. The molecule has 2 rings (SSSR count). The molecule has 0 atom stereocenters. The molecule has 0 fully saturated rings. The molecule has 0 saturated carbocycles. The first-order valence-electron chi connectivity index (χ1n) is 8.39. The summed E-state index contributed by atoms with van der Waals surface area (Å²) in [5.74, 6) is 8.29. The van der Waals surface area contributed by atoms with Crippen molar-refractivity contribution in [1.29, 1.82) is 0 Å². The van der Waals surface area contributed by atoms with Gasteiger partial charge in [0, 0.05) is 17.7 Å². The van der Waals surface area contributed by atoms with Gasteiger partial charge in [0.1, 0.15) is 5.75 Å². The lowest BCUT2D eigenvalue weighted by atomic mass is 10.1. The summed E-state index contributed by atoms with van der Waals surface area (Å²) in [4.78, 5) is 0. The van der Waals surface area contributed by atoms with Crippen LogP contribution in [0, 0.1) is 11.8 Å². The Hall–Kier alpha value is -3.00. The van der Waals surface area contributed by atoms with Gasteiger partial charge in [-0.3, -0.25) is 0 Å². The van der Waals surface area contributed by atoms with Crippen molar-refractivity contribution >= 4 is 0 Å². The fourth-order valence-electron chi connectivity index (χ4n) is 2.32. The summed E-state index contributed by atoms with van der Waals surface area (Å²) in [7, 11) is 3.14. The Morgan fingerprint density at radius 2 is 1.65 bits per heavy atom. The number of phenols is 1. The first-order chi connectivity index (χ1) is 12.5. The van der Waals surface area contributed by atoms with Gasteiger partial charge < -0.3 is 24.1 Å². The molecule has 2 aromatic carbocycles. The van der Waals surface area contributed by atoms with Gasteiger partial charge in [-0.05, 0) is 39.0 Å². The minimum absolute atomic E-state index is 0.0310. The van der Waals surface area contributed by atoms with Crippen LogP contribution >= 0.6 is 0 Å². The van der Waals surface area contributed by atoms with Crippen LogP contribution in [0.2, 0.25) is 0 Å². The van der Waals surface area contributed by atoms with Crippen molar-refractivity contribution in [2.24, 2.45) is 0 Å². The first kappa shape index (κ1) is 19.3. The molecule has 0 aromatic heterocycles. The lowest BCUT2D eigenvalue weighted by Gasteiger charge is -2.14. The van der Waals surface area contributed by atoms with Gasteiger partial charge in [0.2, 0.25) is 0 Å². The Morgan fingerprint density at radius 3 is 2.27 bits per heavy atom. The number of rotatable bonds is 6. The number of ether oxygens (including phenoxy) is 4. The van der Waals surface area contributed by atoms with Gasteiger partial charge in [0.05, 0.1) is 32.5 Å². The zero-order chi connectivity index (χ0) is 19.1. The van der Waals surface area contributed by atoms with E-state index in [1.165, 1.54) is 6.07 Å². The molecule has 0 radical (unpaired) electrons. The highest BCUT2D eigenvalue weighted by atomic mass is 16.5. The van der Waals surface area contributed by atoms with Gasteiger partial charge in [-0.2, -0.15) is 0 Å². The van der Waals surface area contributed by atoms with Crippen LogP contribution < -0.4 is 18.9 Å². The Morgan fingerprint density at radius 1 is 0.923 bits per heavy atom. The number of phenolic OH excluding ortho intramolecular Hbond substituents is 1. The molecular formula is C21H24O5. The average Bonchev–Trinajstić information content (AvgIpc) is 2.61. The Labute approximate surface area is 154 Å². The van der Waals surface area contributed by atoms with Crippen LogP contribution in [0.3, 0.4) is 0 Å². The average molecular weight is 356 g/mol. The molecular weight excluding hydrogens is 332 g/mol. The highest BCUT2D eigenvalue weighted by molar-refractivity contribution is 5.58. The van der Waals surface area contributed by atoms with Gasteiger partial charge in [0.25, 0.3) is 0 Å². The normalized spacial score (nSPS) is 10.1. The maximum Gasteiger partial charge on any atom is 0.165 e. The maximum absolute atomic E-state index is 10.2. The van der Waals surface area contributed by atoms with Crippen molar-refractivity contribution in [3.8, 4) is 40.6 Å². The Balaban J connectivity index is 2.36. The summed E-state index contributed by atoms with van der Waals surface area (Å²) < 4.78 is 21.8. The van der Waals surface area contributed by atoms with Crippen LogP contribution in [0.1, 0.15) is 31.9 Å². The van der Waals surface area contributed by atoms with E-state index in [9.17, 15) is 5.11 Å². The number of hydrogen-bond acceptors (Lipinski definition) is 5. The molecule has 5 heteroatoms. The van der Waals surface area contributed by atoms with Gasteiger partial charge in [-0.1, -0.05) is 11.8 Å². The van der Waals surface area contributed by atoms with E-state index in [0.717, 1.165) is 5.56 Å². The molecule has 0 aliphatic rings. The van der Waals surface area contributed by atoms with Crippen LogP contribution in [0.4, 0.5) is 0 Å². The fraction of sp³-hybridized carbons (Fsp3) is 0.333. The smallest absolute Gasteiger partial charge is 0.165 e. The second-order valence-corrected chi connectivity index (χ2v) is 5.74. The van der Waals surface area contributed by atoms with E-state index in [1.807, 2.05) is 26.8 Å². The predicted molar refractivity (Wildman–Crippen MR) is 101 cm³/mol. The molecule has 0 aliphatic carbocycles. The van der Waals surface area contributed by atoms with E-state index in [1.54, 1.807) is 32.4 Å². The van der Waals surface area contributed by atoms with Crippen LogP contribution in [-0.4, -0.2) is 32.0 Å². The maximum atomic E-state index is 10.2. The topological polar surface area (TPSA) is 57.2 Å². The highest BCUT2D eigenvalue weighted by Crippen LogP contribution is 2.34. The van der Waals surface area contributed by atoms with Gasteiger partial charge >= 0.3 is 0 Å². The molecule has 0 amide bonds. The standard InChI is InChI=1S/C21H24O5/c1-6-25-20-11-15(8-10-18(20)23-4)7-9-16-12-19(24-5)21(13-17(16)22)26-14(2)3/h8,10-14,22H,6H2,1-5H3. The van der Waals surface area contributed by atoms with E-state index >= 15 is 0 Å². The van der Waals surface area contributed by atoms with Crippen LogP contribution in [0.5, 0.6) is 28.7 Å². The zero-order valence-corrected chi connectivity index (χ0v) is 15.8. The number of benzene rings is 2. The van der Waals surface area contributed by atoms with Crippen molar-refractivity contribution in [1.82, 2.24) is 0 Å². The van der Waals surface area contributed by atoms with Gasteiger partial charge in [-0.25, -0.2) is 0 Å². The molecule has 0 bridgehead atoms. The van der Waals surface area contributed by atoms with Crippen LogP contribution in [0.15, 0.2) is 30.3 Å². The predicted octanol–water partition coefficient (Wildman–Crippen LogP) is 4.00. The summed E-state index contributed by atoms with van der Waals surface area (Å²) in [5, 5.41) is 10.2. The van der Waals surface area contributed by atoms with Crippen molar-refractivity contribution in [3.63, 3.8) is 0 Å². The Kier molecular flexibility index (Phi) is 6.62. The molecule has 5 nitrogen and oxygen atoms in total. The molecule has 1 N–H and O–H groups in total. The van der Waals surface area contributed by atoms with E-state index in [2.05, 4.69) is 11.8 Å². The summed E-state index contributed by atoms with van der Waals surface area (Å²) in [6.07, 6.45) is -0.0310. The fourth-order valence-corrected chi connectivity index (χ4v) is 2.32. The van der Waals surface area contributed by atoms with Gasteiger partial charge in [0.15, 0.2) is 23.0 Å². The number of hydrogen-bond donors (Lipinski definition) is 1.